The fourth-order valence-corrected chi connectivity index (χ4v) is 3.96. The Morgan fingerprint density at radius 2 is 1.71 bits per heavy atom. The van der Waals surface area contributed by atoms with E-state index < -0.39 is 4.92 Å². The molecule has 1 aromatic carbocycles. The number of benzene rings is 1. The van der Waals surface area contributed by atoms with Crippen molar-refractivity contribution in [2.24, 2.45) is 0 Å². The minimum Gasteiger partial charge on any atom is -0.379 e. The Balaban J connectivity index is 0.000000572. The lowest BCUT2D eigenvalue weighted by Crippen LogP contribution is -2.41. The Hall–Kier alpha value is -4.71. The van der Waals surface area contributed by atoms with Gasteiger partial charge in [0.15, 0.2) is 0 Å². The van der Waals surface area contributed by atoms with E-state index in [0.717, 1.165) is 26.3 Å². The van der Waals surface area contributed by atoms with Gasteiger partial charge in [0, 0.05) is 57.1 Å². The molecule has 0 bridgehead atoms. The van der Waals surface area contributed by atoms with E-state index in [1.54, 1.807) is 29.2 Å². The van der Waals surface area contributed by atoms with Gasteiger partial charge in [0.05, 0.1) is 54.2 Å². The molecule has 214 valence electrons. The monoisotopic (exact) mass is 561 g/mol. The molecule has 0 saturated carbocycles. The number of pyridine rings is 1. The second kappa shape index (κ2) is 15.2. The van der Waals surface area contributed by atoms with E-state index in [1.807, 2.05) is 0 Å². The first kappa shape index (κ1) is 29.3. The molecule has 0 aliphatic carbocycles. The van der Waals surface area contributed by atoms with E-state index in [-0.39, 0.29) is 11.6 Å². The zero-order chi connectivity index (χ0) is 28.9. The number of carbonyl (C=O) groups excluding carboxylic acids is 1. The number of carbonyl (C=O) groups is 1. The summed E-state index contributed by atoms with van der Waals surface area (Å²) >= 11 is 0. The van der Waals surface area contributed by atoms with Crippen LogP contribution in [0.4, 0.5) is 17.5 Å². The molecule has 41 heavy (non-hydrogen) atoms. The standard InChI is InChI=1S/C23H22N8O4.C4H9NO/c24-13-16-1-3-17(4-2-16)21-19(22(32)30-9-11-35-12-10-30)15-28-23(29-21)26-8-7-25-20-6-5-18(14-27-20)31(33)34;1-3-6-4-2-5-1/h1-6,14-15H,7-12H2,(H,25,27)(H,26,28,29);5H,1-4H2. The maximum atomic E-state index is 13.2. The van der Waals surface area contributed by atoms with Gasteiger partial charge in [-0.1, -0.05) is 12.1 Å². The van der Waals surface area contributed by atoms with Crippen molar-refractivity contribution in [3.05, 3.63) is 70.0 Å². The quantitative estimate of drug-likeness (QED) is 0.207. The number of anilines is 2. The lowest BCUT2D eigenvalue weighted by atomic mass is 10.0. The van der Waals surface area contributed by atoms with E-state index in [1.165, 1.54) is 24.5 Å². The summed E-state index contributed by atoms with van der Waals surface area (Å²) in [7, 11) is 0. The van der Waals surface area contributed by atoms with Crippen molar-refractivity contribution >= 4 is 23.4 Å². The molecule has 2 saturated heterocycles. The van der Waals surface area contributed by atoms with Crippen LogP contribution in [0.3, 0.4) is 0 Å². The molecular formula is C27H31N9O5. The van der Waals surface area contributed by atoms with Gasteiger partial charge in [0.2, 0.25) is 5.95 Å². The largest absolute Gasteiger partial charge is 0.379 e. The summed E-state index contributed by atoms with van der Waals surface area (Å²) in [5, 5.41) is 29.1. The van der Waals surface area contributed by atoms with E-state index >= 15 is 0 Å². The molecule has 4 heterocycles. The molecule has 2 aliphatic rings. The number of nitriles is 1. The molecule has 0 spiro atoms. The summed E-state index contributed by atoms with van der Waals surface area (Å²) in [6.07, 6.45) is 2.69. The predicted molar refractivity (Wildman–Crippen MR) is 150 cm³/mol. The van der Waals surface area contributed by atoms with Crippen molar-refractivity contribution in [2.45, 2.75) is 0 Å². The average Bonchev–Trinajstić information content (AvgIpc) is 3.04. The third kappa shape index (κ3) is 8.64. The Morgan fingerprint density at radius 1 is 1.00 bits per heavy atom. The molecule has 0 unspecified atom stereocenters. The zero-order valence-corrected chi connectivity index (χ0v) is 22.4. The maximum absolute atomic E-state index is 13.2. The van der Waals surface area contributed by atoms with Crippen molar-refractivity contribution in [3.63, 3.8) is 0 Å². The van der Waals surface area contributed by atoms with Gasteiger partial charge >= 0.3 is 0 Å². The first-order valence-corrected chi connectivity index (χ1v) is 13.2. The number of amides is 1. The Bertz CT molecular complexity index is 1330. The van der Waals surface area contributed by atoms with Crippen LogP contribution in [0, 0.1) is 21.4 Å². The Kier molecular flexibility index (Phi) is 10.8. The molecule has 3 aromatic rings. The highest BCUT2D eigenvalue weighted by Crippen LogP contribution is 2.24. The highest BCUT2D eigenvalue weighted by Gasteiger charge is 2.23. The lowest BCUT2D eigenvalue weighted by molar-refractivity contribution is -0.385. The number of ether oxygens (including phenoxy) is 2. The fraction of sp³-hybridized carbons (Fsp3) is 0.370. The zero-order valence-electron chi connectivity index (χ0n) is 22.4. The average molecular weight is 562 g/mol. The van der Waals surface area contributed by atoms with Crippen LogP contribution in [-0.2, 0) is 9.47 Å². The smallest absolute Gasteiger partial charge is 0.287 e. The number of morpholine rings is 2. The molecule has 14 heteroatoms. The highest BCUT2D eigenvalue weighted by atomic mass is 16.6. The molecule has 5 rings (SSSR count). The van der Waals surface area contributed by atoms with E-state index in [0.29, 0.717) is 73.5 Å². The molecule has 0 radical (unpaired) electrons. The summed E-state index contributed by atoms with van der Waals surface area (Å²) < 4.78 is 10.3. The summed E-state index contributed by atoms with van der Waals surface area (Å²) in [4.78, 5) is 38.0. The molecule has 14 nitrogen and oxygen atoms in total. The van der Waals surface area contributed by atoms with E-state index in [4.69, 9.17) is 14.7 Å². The minimum atomic E-state index is -0.505. The van der Waals surface area contributed by atoms with Crippen LogP contribution >= 0.6 is 0 Å². The van der Waals surface area contributed by atoms with Gasteiger partial charge in [0.25, 0.3) is 11.6 Å². The Labute approximate surface area is 236 Å². The van der Waals surface area contributed by atoms with Crippen LogP contribution in [0.2, 0.25) is 0 Å². The molecule has 2 fully saturated rings. The first-order valence-electron chi connectivity index (χ1n) is 13.2. The van der Waals surface area contributed by atoms with Crippen LogP contribution in [-0.4, -0.2) is 96.4 Å². The van der Waals surface area contributed by atoms with Gasteiger partial charge in [0.1, 0.15) is 12.0 Å². The van der Waals surface area contributed by atoms with Crippen molar-refractivity contribution in [1.29, 1.82) is 5.26 Å². The summed E-state index contributed by atoms with van der Waals surface area (Å²) in [5.41, 5.74) is 1.96. The summed E-state index contributed by atoms with van der Waals surface area (Å²) in [6.45, 7) is 6.67. The van der Waals surface area contributed by atoms with Crippen LogP contribution in [0.1, 0.15) is 15.9 Å². The third-order valence-corrected chi connectivity index (χ3v) is 6.12. The van der Waals surface area contributed by atoms with E-state index in [9.17, 15) is 14.9 Å². The maximum Gasteiger partial charge on any atom is 0.287 e. The lowest BCUT2D eigenvalue weighted by Gasteiger charge is -2.27. The van der Waals surface area contributed by atoms with Crippen LogP contribution < -0.4 is 16.0 Å². The molecular weight excluding hydrogens is 530 g/mol. The Morgan fingerprint density at radius 3 is 2.29 bits per heavy atom. The van der Waals surface area contributed by atoms with E-state index in [2.05, 4.69) is 37.0 Å². The fourth-order valence-electron chi connectivity index (χ4n) is 3.96. The van der Waals surface area contributed by atoms with Crippen LogP contribution in [0.15, 0.2) is 48.8 Å². The number of hydrogen-bond donors (Lipinski definition) is 3. The SMILES string of the molecule is C1COCCN1.N#Cc1ccc(-c2nc(NCCNc3ccc([N+](=O)[O-])cn3)ncc2C(=O)N2CCOCC2)cc1. The molecule has 0 atom stereocenters. The van der Waals surface area contributed by atoms with Crippen LogP contribution in [0.25, 0.3) is 11.3 Å². The van der Waals surface area contributed by atoms with Gasteiger partial charge in [-0.25, -0.2) is 15.0 Å². The molecule has 2 aromatic heterocycles. The first-order chi connectivity index (χ1) is 20.0. The highest BCUT2D eigenvalue weighted by molar-refractivity contribution is 6.00. The second-order valence-electron chi connectivity index (χ2n) is 8.92. The van der Waals surface area contributed by atoms with Gasteiger partial charge in [-0.15, -0.1) is 0 Å². The molecule has 1 amide bonds. The number of rotatable bonds is 8. The summed E-state index contributed by atoms with van der Waals surface area (Å²) in [6, 6.07) is 11.8. The van der Waals surface area contributed by atoms with Gasteiger partial charge in [-0.05, 0) is 18.2 Å². The van der Waals surface area contributed by atoms with Crippen LogP contribution in [0.5, 0.6) is 0 Å². The van der Waals surface area contributed by atoms with Crippen molar-refractivity contribution in [3.8, 4) is 17.3 Å². The topological polar surface area (TPSA) is 180 Å². The predicted octanol–water partition coefficient (Wildman–Crippen LogP) is 1.92. The second-order valence-corrected chi connectivity index (χ2v) is 8.92. The number of hydrogen-bond acceptors (Lipinski definition) is 12. The number of nitrogens with one attached hydrogen (secondary N) is 3. The van der Waals surface area contributed by atoms with Crippen molar-refractivity contribution in [1.82, 2.24) is 25.2 Å². The minimum absolute atomic E-state index is 0.0795. The number of nitro groups is 1. The van der Waals surface area contributed by atoms with Crippen molar-refractivity contribution in [2.75, 3.05) is 76.3 Å². The van der Waals surface area contributed by atoms with Crippen molar-refractivity contribution < 1.29 is 19.2 Å². The normalized spacial score (nSPS) is 14.7. The van der Waals surface area contributed by atoms with Gasteiger partial charge < -0.3 is 30.3 Å². The third-order valence-electron chi connectivity index (χ3n) is 6.12. The molecule has 2 aliphatic heterocycles. The van der Waals surface area contributed by atoms with Gasteiger partial charge in [-0.2, -0.15) is 5.26 Å². The molecule has 3 N–H and O–H groups in total. The number of nitrogens with zero attached hydrogens (tertiary/aromatic N) is 6. The summed E-state index contributed by atoms with van der Waals surface area (Å²) in [5.74, 6) is 0.662. The van der Waals surface area contributed by atoms with Gasteiger partial charge in [-0.3, -0.25) is 14.9 Å². The number of aromatic nitrogens is 3.